The Morgan fingerprint density at radius 2 is 2.53 bits per heavy atom. The van der Waals surface area contributed by atoms with Crippen molar-refractivity contribution in [3.63, 3.8) is 0 Å². The first-order valence-corrected chi connectivity index (χ1v) is 7.39. The number of amides is 2. The number of nitrogens with one attached hydrogen (secondary N) is 1. The van der Waals surface area contributed by atoms with E-state index in [-0.39, 0.29) is 12.1 Å². The summed E-state index contributed by atoms with van der Waals surface area (Å²) in [7, 11) is 0. The van der Waals surface area contributed by atoms with E-state index in [9.17, 15) is 4.79 Å². The average molecular weight is 349 g/mol. The molecule has 0 saturated carbocycles. The molecule has 2 amide bonds. The molecule has 1 fully saturated rings. The van der Waals surface area contributed by atoms with Gasteiger partial charge in [0.15, 0.2) is 0 Å². The number of alkyl halides is 1. The number of carbonyl (C=O) groups is 1. The summed E-state index contributed by atoms with van der Waals surface area (Å²) >= 11 is 8.92. The van der Waals surface area contributed by atoms with Gasteiger partial charge in [-0.25, -0.2) is 9.78 Å². The number of likely N-dealkylation sites (tertiary alicyclic amines) is 1. The standard InChI is InChI=1S/C12H15BrClN3O2/c13-10-2-1-5-15-11(10)19-9-3-7-17(8-9)12(18)16-6-4-14/h1-2,5,9H,3-4,6-8H2,(H,16,18). The van der Waals surface area contributed by atoms with Gasteiger partial charge >= 0.3 is 6.03 Å². The van der Waals surface area contributed by atoms with Gasteiger partial charge in [0.1, 0.15) is 6.10 Å². The fraction of sp³-hybridized carbons (Fsp3) is 0.500. The predicted molar refractivity (Wildman–Crippen MR) is 76.7 cm³/mol. The van der Waals surface area contributed by atoms with E-state index in [1.165, 1.54) is 0 Å². The number of carbonyl (C=O) groups excluding carboxylic acids is 1. The van der Waals surface area contributed by atoms with Crippen molar-refractivity contribution < 1.29 is 9.53 Å². The second-order valence-corrected chi connectivity index (χ2v) is 5.42. The molecule has 1 N–H and O–H groups in total. The molecule has 1 aromatic rings. The topological polar surface area (TPSA) is 54.5 Å². The molecule has 0 aromatic carbocycles. The van der Waals surface area contributed by atoms with E-state index in [2.05, 4.69) is 26.2 Å². The highest BCUT2D eigenvalue weighted by Gasteiger charge is 2.28. The zero-order valence-electron chi connectivity index (χ0n) is 10.3. The average Bonchev–Trinajstić information content (AvgIpc) is 2.87. The third-order valence-corrected chi connectivity index (χ3v) is 3.60. The Morgan fingerprint density at radius 3 is 3.26 bits per heavy atom. The maximum absolute atomic E-state index is 11.7. The van der Waals surface area contributed by atoms with Crippen molar-refractivity contribution in [3.8, 4) is 5.88 Å². The number of aromatic nitrogens is 1. The highest BCUT2D eigenvalue weighted by molar-refractivity contribution is 9.10. The van der Waals surface area contributed by atoms with Crippen LogP contribution < -0.4 is 10.1 Å². The van der Waals surface area contributed by atoms with Crippen molar-refractivity contribution in [2.75, 3.05) is 25.5 Å². The Labute approximate surface area is 125 Å². The van der Waals surface area contributed by atoms with Crippen LogP contribution in [0.2, 0.25) is 0 Å². The Bertz CT molecular complexity index is 447. The number of nitrogens with zero attached hydrogens (tertiary/aromatic N) is 2. The van der Waals surface area contributed by atoms with E-state index in [1.807, 2.05) is 12.1 Å². The first kappa shape index (κ1) is 14.4. The first-order chi connectivity index (χ1) is 9.20. The van der Waals surface area contributed by atoms with Crippen LogP contribution in [0, 0.1) is 0 Å². The minimum Gasteiger partial charge on any atom is -0.472 e. The summed E-state index contributed by atoms with van der Waals surface area (Å²) in [4.78, 5) is 17.6. The summed E-state index contributed by atoms with van der Waals surface area (Å²) in [6, 6.07) is 3.62. The zero-order chi connectivity index (χ0) is 13.7. The summed E-state index contributed by atoms with van der Waals surface area (Å²) < 4.78 is 6.60. The highest BCUT2D eigenvalue weighted by Crippen LogP contribution is 2.24. The summed E-state index contributed by atoms with van der Waals surface area (Å²) in [6.45, 7) is 1.73. The molecular weight excluding hydrogens is 334 g/mol. The van der Waals surface area contributed by atoms with E-state index in [4.69, 9.17) is 16.3 Å². The van der Waals surface area contributed by atoms with Crippen LogP contribution >= 0.6 is 27.5 Å². The Kier molecular flexibility index (Phi) is 5.27. The van der Waals surface area contributed by atoms with Crippen LogP contribution in [0.15, 0.2) is 22.8 Å². The number of hydrogen-bond donors (Lipinski definition) is 1. The fourth-order valence-corrected chi connectivity index (χ4v) is 2.33. The molecule has 5 nitrogen and oxygen atoms in total. The number of ether oxygens (including phenoxy) is 1. The van der Waals surface area contributed by atoms with Crippen LogP contribution in [0.1, 0.15) is 6.42 Å². The summed E-state index contributed by atoms with van der Waals surface area (Å²) in [5, 5.41) is 2.74. The maximum Gasteiger partial charge on any atom is 0.317 e. The van der Waals surface area contributed by atoms with Crippen LogP contribution in [0.3, 0.4) is 0 Å². The molecule has 19 heavy (non-hydrogen) atoms. The molecule has 0 spiro atoms. The molecule has 1 aromatic heterocycles. The molecule has 2 rings (SSSR count). The number of hydrogen-bond acceptors (Lipinski definition) is 3. The molecule has 2 heterocycles. The van der Waals surface area contributed by atoms with Crippen molar-refractivity contribution in [2.45, 2.75) is 12.5 Å². The van der Waals surface area contributed by atoms with Crippen LogP contribution in [0.25, 0.3) is 0 Å². The summed E-state index contributed by atoms with van der Waals surface area (Å²) in [5.74, 6) is 0.982. The summed E-state index contributed by atoms with van der Waals surface area (Å²) in [6.07, 6.45) is 2.46. The van der Waals surface area contributed by atoms with Crippen molar-refractivity contribution in [2.24, 2.45) is 0 Å². The lowest BCUT2D eigenvalue weighted by Crippen LogP contribution is -2.40. The Hall–Kier alpha value is -1.01. The van der Waals surface area contributed by atoms with E-state index < -0.39 is 0 Å². The molecule has 1 aliphatic heterocycles. The van der Waals surface area contributed by atoms with Crippen LogP contribution in [0.5, 0.6) is 5.88 Å². The quantitative estimate of drug-likeness (QED) is 0.849. The minimum atomic E-state index is -0.0909. The molecular formula is C12H15BrClN3O2. The van der Waals surface area contributed by atoms with Gasteiger partial charge in [-0.1, -0.05) is 0 Å². The lowest BCUT2D eigenvalue weighted by molar-refractivity contribution is 0.183. The van der Waals surface area contributed by atoms with Crippen molar-refractivity contribution in [3.05, 3.63) is 22.8 Å². The predicted octanol–water partition coefficient (Wildman–Crippen LogP) is 2.25. The Morgan fingerprint density at radius 1 is 1.68 bits per heavy atom. The Balaban J connectivity index is 1.85. The zero-order valence-corrected chi connectivity index (χ0v) is 12.7. The molecule has 1 atom stereocenters. The van der Waals surface area contributed by atoms with Gasteiger partial charge in [-0.3, -0.25) is 0 Å². The van der Waals surface area contributed by atoms with E-state index >= 15 is 0 Å². The second-order valence-electron chi connectivity index (χ2n) is 4.19. The third-order valence-electron chi connectivity index (χ3n) is 2.81. The van der Waals surface area contributed by atoms with Crippen molar-refractivity contribution >= 4 is 33.6 Å². The van der Waals surface area contributed by atoms with Crippen LogP contribution in [0.4, 0.5) is 4.79 Å². The largest absolute Gasteiger partial charge is 0.472 e. The van der Waals surface area contributed by atoms with Gasteiger partial charge in [-0.05, 0) is 28.1 Å². The van der Waals surface area contributed by atoms with E-state index in [0.29, 0.717) is 31.4 Å². The van der Waals surface area contributed by atoms with Gasteiger partial charge in [0.25, 0.3) is 0 Å². The molecule has 0 radical (unpaired) electrons. The number of halogens is 2. The minimum absolute atomic E-state index is 0.0204. The van der Waals surface area contributed by atoms with Crippen molar-refractivity contribution in [1.82, 2.24) is 15.2 Å². The molecule has 7 heteroatoms. The molecule has 0 aliphatic carbocycles. The maximum atomic E-state index is 11.7. The normalized spacial score (nSPS) is 18.4. The number of urea groups is 1. The highest BCUT2D eigenvalue weighted by atomic mass is 79.9. The van der Waals surface area contributed by atoms with E-state index in [1.54, 1.807) is 11.1 Å². The van der Waals surface area contributed by atoms with Gasteiger partial charge < -0.3 is 15.0 Å². The first-order valence-electron chi connectivity index (χ1n) is 6.06. The third kappa shape index (κ3) is 3.98. The monoisotopic (exact) mass is 347 g/mol. The van der Waals surface area contributed by atoms with Gasteiger partial charge in [0.2, 0.25) is 5.88 Å². The number of pyridine rings is 1. The van der Waals surface area contributed by atoms with Gasteiger partial charge in [0.05, 0.1) is 11.0 Å². The van der Waals surface area contributed by atoms with Crippen LogP contribution in [-0.4, -0.2) is 47.5 Å². The van der Waals surface area contributed by atoms with Gasteiger partial charge in [-0.2, -0.15) is 0 Å². The molecule has 104 valence electrons. The lowest BCUT2D eigenvalue weighted by Gasteiger charge is -2.17. The molecule has 0 bridgehead atoms. The second kappa shape index (κ2) is 6.96. The van der Waals surface area contributed by atoms with Gasteiger partial charge in [0, 0.05) is 31.6 Å². The molecule has 1 saturated heterocycles. The SMILES string of the molecule is O=C(NCCCl)N1CCC(Oc2ncccc2Br)C1. The van der Waals surface area contributed by atoms with Crippen molar-refractivity contribution in [1.29, 1.82) is 0 Å². The van der Waals surface area contributed by atoms with Crippen LogP contribution in [-0.2, 0) is 0 Å². The number of rotatable bonds is 4. The fourth-order valence-electron chi connectivity index (χ4n) is 1.89. The smallest absolute Gasteiger partial charge is 0.317 e. The lowest BCUT2D eigenvalue weighted by atomic mass is 10.3. The van der Waals surface area contributed by atoms with Gasteiger partial charge in [-0.15, -0.1) is 11.6 Å². The summed E-state index contributed by atoms with van der Waals surface area (Å²) in [5.41, 5.74) is 0. The molecule has 1 unspecified atom stereocenters. The van der Waals surface area contributed by atoms with E-state index in [0.717, 1.165) is 10.9 Å². The molecule has 1 aliphatic rings.